The molecule has 0 amide bonds. The molecule has 5 nitrogen and oxygen atoms in total. The number of ether oxygens (including phenoxy) is 1. The zero-order valence-electron chi connectivity index (χ0n) is 10.7. The molecule has 18 heavy (non-hydrogen) atoms. The van der Waals surface area contributed by atoms with E-state index in [0.717, 1.165) is 35.7 Å². The average Bonchev–Trinajstić information content (AvgIpc) is 2.93. The van der Waals surface area contributed by atoms with Crippen LogP contribution in [0.4, 0.5) is 11.6 Å². The second kappa shape index (κ2) is 4.17. The van der Waals surface area contributed by atoms with E-state index in [0.29, 0.717) is 6.04 Å². The van der Waals surface area contributed by atoms with E-state index in [1.807, 2.05) is 18.2 Å². The lowest BCUT2D eigenvalue weighted by atomic mass is 10.1. The largest absolute Gasteiger partial charge is 0.399 e. The highest BCUT2D eigenvalue weighted by Gasteiger charge is 2.29. The lowest BCUT2D eigenvalue weighted by Gasteiger charge is -2.26. The number of benzene rings is 1. The number of hydrogen-bond acceptors (Lipinski definition) is 4. The maximum absolute atomic E-state index is 5.77. The zero-order valence-corrected chi connectivity index (χ0v) is 10.7. The molecule has 1 fully saturated rings. The molecule has 2 aromatic rings. The van der Waals surface area contributed by atoms with Gasteiger partial charge in [-0.3, -0.25) is 0 Å². The van der Waals surface area contributed by atoms with Gasteiger partial charge in [0, 0.05) is 19.3 Å². The molecule has 1 saturated heterocycles. The van der Waals surface area contributed by atoms with Crippen LogP contribution in [0.2, 0.25) is 0 Å². The molecule has 5 heteroatoms. The predicted molar refractivity (Wildman–Crippen MR) is 72.7 cm³/mol. The SMILES string of the molecule is CC1OCCC1N(C)c1nc2ccc(N)cc2[nH]1. The number of nitrogens with zero attached hydrogens (tertiary/aromatic N) is 2. The molecular formula is C13H18N4O. The topological polar surface area (TPSA) is 67.2 Å². The molecule has 3 rings (SSSR count). The lowest BCUT2D eigenvalue weighted by molar-refractivity contribution is 0.118. The van der Waals surface area contributed by atoms with Crippen molar-refractivity contribution in [2.45, 2.75) is 25.5 Å². The van der Waals surface area contributed by atoms with Gasteiger partial charge in [-0.15, -0.1) is 0 Å². The van der Waals surface area contributed by atoms with Gasteiger partial charge < -0.3 is 20.4 Å². The van der Waals surface area contributed by atoms with Gasteiger partial charge in [-0.05, 0) is 31.5 Å². The molecule has 2 heterocycles. The monoisotopic (exact) mass is 246 g/mol. The first kappa shape index (κ1) is 11.3. The summed E-state index contributed by atoms with van der Waals surface area (Å²) in [4.78, 5) is 10.1. The number of nitrogen functional groups attached to an aromatic ring is 1. The van der Waals surface area contributed by atoms with Gasteiger partial charge in [-0.25, -0.2) is 4.98 Å². The molecule has 2 unspecified atom stereocenters. The van der Waals surface area contributed by atoms with Crippen molar-refractivity contribution < 1.29 is 4.74 Å². The Kier molecular flexibility index (Phi) is 2.63. The van der Waals surface area contributed by atoms with Crippen molar-refractivity contribution in [1.29, 1.82) is 0 Å². The van der Waals surface area contributed by atoms with Gasteiger partial charge in [0.05, 0.1) is 23.2 Å². The molecule has 0 bridgehead atoms. The number of H-pyrrole nitrogens is 1. The number of nitrogens with two attached hydrogens (primary N) is 1. The molecule has 0 saturated carbocycles. The zero-order chi connectivity index (χ0) is 12.7. The maximum atomic E-state index is 5.77. The van der Waals surface area contributed by atoms with Crippen molar-refractivity contribution in [3.8, 4) is 0 Å². The third-order valence-electron chi connectivity index (χ3n) is 3.66. The molecule has 0 radical (unpaired) electrons. The van der Waals surface area contributed by atoms with Gasteiger partial charge in [-0.1, -0.05) is 0 Å². The Labute approximate surface area is 106 Å². The number of imidazole rings is 1. The van der Waals surface area contributed by atoms with Crippen molar-refractivity contribution in [1.82, 2.24) is 9.97 Å². The standard InChI is InChI=1S/C13H18N4O/c1-8-12(5-6-18-8)17(2)13-15-10-4-3-9(14)7-11(10)16-13/h3-4,7-8,12H,5-6,14H2,1-2H3,(H,15,16). The van der Waals surface area contributed by atoms with Crippen molar-refractivity contribution in [2.75, 3.05) is 24.3 Å². The Hall–Kier alpha value is -1.75. The van der Waals surface area contributed by atoms with Gasteiger partial charge in [0.15, 0.2) is 0 Å². The Morgan fingerprint density at radius 1 is 1.50 bits per heavy atom. The van der Waals surface area contributed by atoms with Crippen molar-refractivity contribution >= 4 is 22.7 Å². The number of fused-ring (bicyclic) bond motifs is 1. The Morgan fingerprint density at radius 2 is 2.33 bits per heavy atom. The summed E-state index contributed by atoms with van der Waals surface area (Å²) in [6, 6.07) is 6.10. The summed E-state index contributed by atoms with van der Waals surface area (Å²) >= 11 is 0. The molecule has 1 aromatic carbocycles. The van der Waals surface area contributed by atoms with E-state index in [9.17, 15) is 0 Å². The van der Waals surface area contributed by atoms with E-state index >= 15 is 0 Å². The number of aromatic nitrogens is 2. The minimum atomic E-state index is 0.244. The van der Waals surface area contributed by atoms with E-state index in [1.54, 1.807) is 0 Å². The molecule has 0 aliphatic carbocycles. The van der Waals surface area contributed by atoms with Crippen LogP contribution in [-0.2, 0) is 4.74 Å². The molecule has 96 valence electrons. The number of anilines is 2. The van der Waals surface area contributed by atoms with Crippen LogP contribution in [0.3, 0.4) is 0 Å². The fourth-order valence-corrected chi connectivity index (χ4v) is 2.57. The normalized spacial score (nSPS) is 23.7. The highest BCUT2D eigenvalue weighted by molar-refractivity contribution is 5.80. The second-order valence-corrected chi connectivity index (χ2v) is 4.88. The summed E-state index contributed by atoms with van der Waals surface area (Å²) in [5.74, 6) is 0.873. The van der Waals surface area contributed by atoms with Crippen LogP contribution in [-0.4, -0.2) is 35.8 Å². The van der Waals surface area contributed by atoms with Crippen LogP contribution in [0.15, 0.2) is 18.2 Å². The van der Waals surface area contributed by atoms with Crippen LogP contribution in [0.25, 0.3) is 11.0 Å². The van der Waals surface area contributed by atoms with E-state index < -0.39 is 0 Å². The second-order valence-electron chi connectivity index (χ2n) is 4.88. The molecule has 0 spiro atoms. The van der Waals surface area contributed by atoms with Crippen molar-refractivity contribution in [3.63, 3.8) is 0 Å². The van der Waals surface area contributed by atoms with Crippen LogP contribution in [0.1, 0.15) is 13.3 Å². The molecular weight excluding hydrogens is 228 g/mol. The van der Waals surface area contributed by atoms with E-state index in [4.69, 9.17) is 10.5 Å². The average molecular weight is 246 g/mol. The third-order valence-corrected chi connectivity index (χ3v) is 3.66. The lowest BCUT2D eigenvalue weighted by Crippen LogP contribution is -2.37. The van der Waals surface area contributed by atoms with E-state index in [1.165, 1.54) is 0 Å². The minimum absolute atomic E-state index is 0.244. The summed E-state index contributed by atoms with van der Waals surface area (Å²) in [5.41, 5.74) is 8.44. The number of rotatable bonds is 2. The highest BCUT2D eigenvalue weighted by atomic mass is 16.5. The molecule has 1 aromatic heterocycles. The van der Waals surface area contributed by atoms with Crippen molar-refractivity contribution in [3.05, 3.63) is 18.2 Å². The Morgan fingerprint density at radius 3 is 3.06 bits per heavy atom. The van der Waals surface area contributed by atoms with Gasteiger partial charge in [0.1, 0.15) is 0 Å². The molecule has 1 aliphatic heterocycles. The summed E-state index contributed by atoms with van der Waals surface area (Å²) in [6.07, 6.45) is 1.28. The van der Waals surface area contributed by atoms with Gasteiger partial charge in [0.25, 0.3) is 0 Å². The van der Waals surface area contributed by atoms with E-state index in [2.05, 4.69) is 28.8 Å². The summed E-state index contributed by atoms with van der Waals surface area (Å²) < 4.78 is 5.60. The maximum Gasteiger partial charge on any atom is 0.203 e. The minimum Gasteiger partial charge on any atom is -0.399 e. The van der Waals surface area contributed by atoms with E-state index in [-0.39, 0.29) is 6.10 Å². The van der Waals surface area contributed by atoms with Crippen LogP contribution in [0.5, 0.6) is 0 Å². The van der Waals surface area contributed by atoms with Crippen LogP contribution >= 0.6 is 0 Å². The van der Waals surface area contributed by atoms with Crippen molar-refractivity contribution in [2.24, 2.45) is 0 Å². The number of likely N-dealkylation sites (N-methyl/N-ethyl adjacent to an activating group) is 1. The highest BCUT2D eigenvalue weighted by Crippen LogP contribution is 2.25. The smallest absolute Gasteiger partial charge is 0.203 e. The first-order chi connectivity index (χ1) is 8.65. The molecule has 3 N–H and O–H groups in total. The van der Waals surface area contributed by atoms with Gasteiger partial charge in [-0.2, -0.15) is 0 Å². The Balaban J connectivity index is 1.93. The Bertz CT molecular complexity index is 565. The first-order valence-corrected chi connectivity index (χ1v) is 6.25. The molecule has 1 aliphatic rings. The van der Waals surface area contributed by atoms with Gasteiger partial charge in [0.2, 0.25) is 5.95 Å². The third kappa shape index (κ3) is 1.80. The first-order valence-electron chi connectivity index (χ1n) is 6.25. The number of nitrogens with one attached hydrogen (secondary N) is 1. The predicted octanol–water partition coefficient (Wildman–Crippen LogP) is 1.76. The summed E-state index contributed by atoms with van der Waals surface area (Å²) in [7, 11) is 2.05. The fraction of sp³-hybridized carbons (Fsp3) is 0.462. The quantitative estimate of drug-likeness (QED) is 0.792. The fourth-order valence-electron chi connectivity index (χ4n) is 2.57. The number of hydrogen-bond donors (Lipinski definition) is 2. The number of aromatic amines is 1. The molecule has 2 atom stereocenters. The summed E-state index contributed by atoms with van der Waals surface area (Å²) in [6.45, 7) is 2.93. The van der Waals surface area contributed by atoms with Crippen LogP contribution in [0, 0.1) is 0 Å². The summed E-state index contributed by atoms with van der Waals surface area (Å²) in [5, 5.41) is 0. The van der Waals surface area contributed by atoms with Crippen LogP contribution < -0.4 is 10.6 Å². The van der Waals surface area contributed by atoms with Gasteiger partial charge >= 0.3 is 0 Å².